The summed E-state index contributed by atoms with van der Waals surface area (Å²) < 4.78 is 0. The molecule has 0 amide bonds. The molecule has 0 aliphatic rings. The van der Waals surface area contributed by atoms with Crippen molar-refractivity contribution in [1.29, 1.82) is 0 Å². The number of hydrogen-bond acceptors (Lipinski definition) is 6. The second-order valence-electron chi connectivity index (χ2n) is 3.56. The van der Waals surface area contributed by atoms with Crippen LogP contribution in [0.3, 0.4) is 0 Å². The number of hydrogen-bond donors (Lipinski definition) is 6. The van der Waals surface area contributed by atoms with Gasteiger partial charge in [-0.05, 0) is 19.4 Å². The highest BCUT2D eigenvalue weighted by Gasteiger charge is 2.09. The number of rotatable bonds is 9. The van der Waals surface area contributed by atoms with E-state index in [1.807, 2.05) is 0 Å². The summed E-state index contributed by atoms with van der Waals surface area (Å²) in [5.41, 5.74) is 20.8. The third-order valence-electron chi connectivity index (χ3n) is 1.93. The van der Waals surface area contributed by atoms with Crippen LogP contribution in [0.25, 0.3) is 0 Å². The summed E-state index contributed by atoms with van der Waals surface area (Å²) in [6, 6.07) is -0.716. The van der Waals surface area contributed by atoms with Crippen LogP contribution in [-0.4, -0.2) is 49.8 Å². The molecule has 17 heavy (non-hydrogen) atoms. The van der Waals surface area contributed by atoms with E-state index < -0.39 is 12.0 Å². The molecule has 0 aliphatic heterocycles. The average Bonchev–Trinajstić information content (AvgIpc) is 2.30. The molecule has 7 heteroatoms. The van der Waals surface area contributed by atoms with Gasteiger partial charge in [-0.2, -0.15) is 0 Å². The van der Waals surface area contributed by atoms with Crippen molar-refractivity contribution in [2.24, 2.45) is 22.9 Å². The normalized spacial score (nSPS) is 11.5. The molecule has 104 valence electrons. The Balaban J connectivity index is 0. The lowest BCUT2D eigenvalue weighted by atomic mass is 10.1. The van der Waals surface area contributed by atoms with Crippen LogP contribution >= 0.6 is 0 Å². The fourth-order valence-corrected chi connectivity index (χ4v) is 0.961. The van der Waals surface area contributed by atoms with E-state index in [0.29, 0.717) is 26.1 Å². The lowest BCUT2D eigenvalue weighted by molar-refractivity contribution is -0.138. The first-order valence-electron chi connectivity index (χ1n) is 5.89. The molecule has 0 aromatic carbocycles. The maximum absolute atomic E-state index is 10.1. The molecule has 0 aromatic heterocycles. The summed E-state index contributed by atoms with van der Waals surface area (Å²) in [6.45, 7) is 3.74. The van der Waals surface area contributed by atoms with Gasteiger partial charge in [-0.15, -0.1) is 0 Å². The minimum absolute atomic E-state index is 0.520. The molecule has 0 rings (SSSR count). The van der Waals surface area contributed by atoms with Crippen molar-refractivity contribution in [1.82, 2.24) is 5.32 Å². The molecule has 0 aliphatic carbocycles. The summed E-state index contributed by atoms with van der Waals surface area (Å²) in [5.74, 6) is -0.933. The average molecular weight is 249 g/mol. The van der Waals surface area contributed by atoms with E-state index in [9.17, 15) is 4.79 Å². The number of aliphatic carboxylic acids is 1. The fraction of sp³-hybridized carbons (Fsp3) is 0.900. The summed E-state index contributed by atoms with van der Waals surface area (Å²) >= 11 is 0. The van der Waals surface area contributed by atoms with Crippen molar-refractivity contribution in [2.45, 2.75) is 25.3 Å². The first-order chi connectivity index (χ1) is 8.09. The highest BCUT2D eigenvalue weighted by Crippen LogP contribution is 1.96. The number of nitrogens with two attached hydrogens (primary N) is 4. The third kappa shape index (κ3) is 17.9. The number of unbranched alkanes of at least 4 members (excludes halogenated alkanes) is 1. The summed E-state index contributed by atoms with van der Waals surface area (Å²) in [6.07, 6.45) is 2.16. The van der Waals surface area contributed by atoms with Gasteiger partial charge in [-0.25, -0.2) is 0 Å². The summed E-state index contributed by atoms with van der Waals surface area (Å²) in [5, 5.41) is 11.4. The van der Waals surface area contributed by atoms with Crippen LogP contribution in [0.1, 0.15) is 19.3 Å². The minimum atomic E-state index is -0.933. The molecule has 0 saturated heterocycles. The van der Waals surface area contributed by atoms with Crippen LogP contribution in [0.2, 0.25) is 0 Å². The zero-order valence-corrected chi connectivity index (χ0v) is 10.4. The molecule has 7 nitrogen and oxygen atoms in total. The van der Waals surface area contributed by atoms with E-state index in [1.165, 1.54) is 0 Å². The first-order valence-corrected chi connectivity index (χ1v) is 5.89. The standard InChI is InChI=1S/C6H14N2O2.C4H13N3/c7-4-2-1-3-5(8)6(9)10;5-1-3-7-4-2-6/h5H,1-4,7-8H2,(H,9,10);7H,1-6H2/t5-;/m0./s1. The van der Waals surface area contributed by atoms with Crippen molar-refractivity contribution < 1.29 is 9.90 Å². The van der Waals surface area contributed by atoms with E-state index in [0.717, 1.165) is 25.9 Å². The molecular formula is C10H27N5O2. The Bertz CT molecular complexity index is 165. The molecule has 10 N–H and O–H groups in total. The molecular weight excluding hydrogens is 222 g/mol. The van der Waals surface area contributed by atoms with E-state index >= 15 is 0 Å². The molecule has 0 bridgehead atoms. The van der Waals surface area contributed by atoms with Crippen LogP contribution in [0.4, 0.5) is 0 Å². The molecule has 0 aromatic rings. The molecule has 0 fully saturated rings. The van der Waals surface area contributed by atoms with Crippen LogP contribution in [0, 0.1) is 0 Å². The van der Waals surface area contributed by atoms with Gasteiger partial charge >= 0.3 is 5.97 Å². The Morgan fingerprint density at radius 2 is 1.59 bits per heavy atom. The number of carboxylic acid groups (broad SMARTS) is 1. The van der Waals surface area contributed by atoms with Crippen molar-refractivity contribution in [3.05, 3.63) is 0 Å². The van der Waals surface area contributed by atoms with Gasteiger partial charge in [0.05, 0.1) is 0 Å². The monoisotopic (exact) mass is 249 g/mol. The number of carbonyl (C=O) groups is 1. The predicted octanol–water partition coefficient (Wildman–Crippen LogP) is -1.98. The quantitative estimate of drug-likeness (QED) is 0.259. The number of carboxylic acids is 1. The second-order valence-corrected chi connectivity index (χ2v) is 3.56. The topological polar surface area (TPSA) is 153 Å². The van der Waals surface area contributed by atoms with Crippen molar-refractivity contribution >= 4 is 5.97 Å². The van der Waals surface area contributed by atoms with Gasteiger partial charge in [0.15, 0.2) is 0 Å². The summed E-state index contributed by atoms with van der Waals surface area (Å²) in [4.78, 5) is 10.1. The van der Waals surface area contributed by atoms with E-state index in [4.69, 9.17) is 28.0 Å². The smallest absolute Gasteiger partial charge is 0.320 e. The third-order valence-corrected chi connectivity index (χ3v) is 1.93. The Hall–Kier alpha value is -0.730. The SMILES string of the molecule is NCCCC[C@H](N)C(=O)O.NCCNCCN. The maximum Gasteiger partial charge on any atom is 0.320 e. The van der Waals surface area contributed by atoms with Crippen molar-refractivity contribution in [2.75, 3.05) is 32.7 Å². The van der Waals surface area contributed by atoms with E-state index in [1.54, 1.807) is 0 Å². The predicted molar refractivity (Wildman–Crippen MR) is 69.5 cm³/mol. The Labute approximate surface area is 103 Å². The van der Waals surface area contributed by atoms with Crippen LogP contribution < -0.4 is 28.3 Å². The van der Waals surface area contributed by atoms with Gasteiger partial charge in [0.25, 0.3) is 0 Å². The van der Waals surface area contributed by atoms with Crippen molar-refractivity contribution in [3.8, 4) is 0 Å². The van der Waals surface area contributed by atoms with Gasteiger partial charge in [-0.3, -0.25) is 4.79 Å². The molecule has 0 spiro atoms. The molecule has 0 radical (unpaired) electrons. The van der Waals surface area contributed by atoms with Crippen molar-refractivity contribution in [3.63, 3.8) is 0 Å². The van der Waals surface area contributed by atoms with Gasteiger partial charge in [0, 0.05) is 26.2 Å². The highest BCUT2D eigenvalue weighted by atomic mass is 16.4. The molecule has 0 heterocycles. The molecule has 0 saturated carbocycles. The Morgan fingerprint density at radius 3 is 1.94 bits per heavy atom. The fourth-order valence-electron chi connectivity index (χ4n) is 0.961. The Kier molecular flexibility index (Phi) is 16.7. The maximum atomic E-state index is 10.1. The van der Waals surface area contributed by atoms with Crippen LogP contribution in [0.5, 0.6) is 0 Å². The molecule has 1 atom stereocenters. The summed E-state index contributed by atoms with van der Waals surface area (Å²) in [7, 11) is 0. The zero-order valence-electron chi connectivity index (χ0n) is 10.4. The van der Waals surface area contributed by atoms with Crippen LogP contribution in [-0.2, 0) is 4.79 Å². The van der Waals surface area contributed by atoms with Gasteiger partial charge in [0.1, 0.15) is 6.04 Å². The van der Waals surface area contributed by atoms with Gasteiger partial charge in [0.2, 0.25) is 0 Å². The number of nitrogens with one attached hydrogen (secondary N) is 1. The van der Waals surface area contributed by atoms with E-state index in [-0.39, 0.29) is 0 Å². The highest BCUT2D eigenvalue weighted by molar-refractivity contribution is 5.72. The Morgan fingerprint density at radius 1 is 1.06 bits per heavy atom. The van der Waals surface area contributed by atoms with Crippen LogP contribution in [0.15, 0.2) is 0 Å². The lowest BCUT2D eigenvalue weighted by Gasteiger charge is -2.03. The minimum Gasteiger partial charge on any atom is -0.480 e. The largest absolute Gasteiger partial charge is 0.480 e. The van der Waals surface area contributed by atoms with Gasteiger partial charge in [-0.1, -0.05) is 6.42 Å². The molecule has 0 unspecified atom stereocenters. The second kappa shape index (κ2) is 15.3. The first kappa shape index (κ1) is 18.6. The zero-order chi connectivity index (χ0) is 13.5. The lowest BCUT2D eigenvalue weighted by Crippen LogP contribution is -2.29. The van der Waals surface area contributed by atoms with E-state index in [2.05, 4.69) is 5.32 Å². The van der Waals surface area contributed by atoms with Gasteiger partial charge < -0.3 is 33.4 Å².